The van der Waals surface area contributed by atoms with Gasteiger partial charge in [-0.3, -0.25) is 0 Å². The molecule has 3 atom stereocenters. The first-order valence-electron chi connectivity index (χ1n) is 7.81. The van der Waals surface area contributed by atoms with E-state index in [2.05, 4.69) is 17.1 Å². The van der Waals surface area contributed by atoms with E-state index in [4.69, 9.17) is 0 Å². The molecule has 2 bridgehead atoms. The average Bonchev–Trinajstić information content (AvgIpc) is 2.68. The largest absolute Gasteiger partial charge is 0.311 e. The first kappa shape index (κ1) is 12.0. The second-order valence-electron chi connectivity index (χ2n) is 6.64. The van der Waals surface area contributed by atoms with Crippen molar-refractivity contribution in [1.82, 2.24) is 10.2 Å². The fraction of sp³-hybridized carbons (Fsp3) is 1.00. The molecule has 17 heavy (non-hydrogen) atoms. The van der Waals surface area contributed by atoms with E-state index in [0.29, 0.717) is 0 Å². The molecule has 3 unspecified atom stereocenters. The molecule has 0 aromatic carbocycles. The normalized spacial score (nSPS) is 42.9. The van der Waals surface area contributed by atoms with Crippen molar-refractivity contribution in [2.75, 3.05) is 13.1 Å². The molecule has 98 valence electrons. The van der Waals surface area contributed by atoms with Crippen molar-refractivity contribution in [2.24, 2.45) is 5.92 Å². The fourth-order valence-electron chi connectivity index (χ4n) is 4.25. The van der Waals surface area contributed by atoms with Crippen molar-refractivity contribution in [3.05, 3.63) is 0 Å². The van der Waals surface area contributed by atoms with E-state index in [-0.39, 0.29) is 0 Å². The van der Waals surface area contributed by atoms with Crippen LogP contribution in [0.1, 0.15) is 58.3 Å². The molecular weight excluding hydrogens is 208 g/mol. The summed E-state index contributed by atoms with van der Waals surface area (Å²) in [6, 6.07) is 2.59. The van der Waals surface area contributed by atoms with Crippen molar-refractivity contribution < 1.29 is 0 Å². The number of nitrogens with zero attached hydrogens (tertiary/aromatic N) is 1. The van der Waals surface area contributed by atoms with Crippen LogP contribution in [0.2, 0.25) is 0 Å². The van der Waals surface area contributed by atoms with Crippen LogP contribution in [0.4, 0.5) is 0 Å². The molecule has 3 heterocycles. The lowest BCUT2D eigenvalue weighted by Gasteiger charge is -2.36. The van der Waals surface area contributed by atoms with Gasteiger partial charge in [-0.2, -0.15) is 0 Å². The van der Waals surface area contributed by atoms with Crippen molar-refractivity contribution >= 4 is 0 Å². The van der Waals surface area contributed by atoms with Crippen LogP contribution in [0.3, 0.4) is 0 Å². The van der Waals surface area contributed by atoms with E-state index in [0.717, 1.165) is 24.0 Å². The summed E-state index contributed by atoms with van der Waals surface area (Å²) in [5.74, 6) is 1.02. The highest BCUT2D eigenvalue weighted by molar-refractivity contribution is 4.92. The molecule has 3 aliphatic heterocycles. The standard InChI is InChI=1S/C15H28N2/c1-12-4-2-3-8-17(12)9-7-13-10-14-5-6-15(11-13)16-14/h12-16H,2-11H2,1H3. The number of nitrogens with one attached hydrogen (secondary N) is 1. The van der Waals surface area contributed by atoms with Crippen LogP contribution < -0.4 is 5.32 Å². The molecule has 0 aromatic rings. The van der Waals surface area contributed by atoms with Gasteiger partial charge in [0.05, 0.1) is 0 Å². The Bertz CT molecular complexity index is 241. The Kier molecular flexibility index (Phi) is 3.72. The van der Waals surface area contributed by atoms with Crippen LogP contribution in [0, 0.1) is 5.92 Å². The van der Waals surface area contributed by atoms with Gasteiger partial charge < -0.3 is 10.2 Å². The monoisotopic (exact) mass is 236 g/mol. The van der Waals surface area contributed by atoms with Gasteiger partial charge in [-0.05, 0) is 70.9 Å². The maximum atomic E-state index is 3.75. The Hall–Kier alpha value is -0.0800. The number of hydrogen-bond acceptors (Lipinski definition) is 2. The van der Waals surface area contributed by atoms with Crippen LogP contribution in [0.25, 0.3) is 0 Å². The van der Waals surface area contributed by atoms with Gasteiger partial charge in [0.1, 0.15) is 0 Å². The lowest BCUT2D eigenvalue weighted by molar-refractivity contribution is 0.141. The van der Waals surface area contributed by atoms with Gasteiger partial charge in [0, 0.05) is 18.1 Å². The van der Waals surface area contributed by atoms with E-state index in [9.17, 15) is 0 Å². The Morgan fingerprint density at radius 3 is 2.53 bits per heavy atom. The number of fused-ring (bicyclic) bond motifs is 2. The van der Waals surface area contributed by atoms with Gasteiger partial charge in [-0.1, -0.05) is 6.42 Å². The molecule has 3 saturated heterocycles. The Balaban J connectivity index is 1.44. The molecule has 0 amide bonds. The van der Waals surface area contributed by atoms with Gasteiger partial charge >= 0.3 is 0 Å². The summed E-state index contributed by atoms with van der Waals surface area (Å²) in [7, 11) is 0. The van der Waals surface area contributed by atoms with Crippen molar-refractivity contribution in [1.29, 1.82) is 0 Å². The second-order valence-corrected chi connectivity index (χ2v) is 6.64. The Morgan fingerprint density at radius 2 is 1.82 bits per heavy atom. The molecule has 0 radical (unpaired) electrons. The lowest BCUT2D eigenvalue weighted by Crippen LogP contribution is -2.41. The Labute approximate surface area is 106 Å². The molecule has 2 nitrogen and oxygen atoms in total. The minimum atomic E-state index is 0.849. The molecule has 0 saturated carbocycles. The van der Waals surface area contributed by atoms with E-state index < -0.39 is 0 Å². The van der Waals surface area contributed by atoms with Crippen LogP contribution >= 0.6 is 0 Å². The van der Waals surface area contributed by atoms with Gasteiger partial charge in [0.2, 0.25) is 0 Å². The molecule has 3 rings (SSSR count). The summed E-state index contributed by atoms with van der Waals surface area (Å²) in [5.41, 5.74) is 0. The van der Waals surface area contributed by atoms with E-state index in [1.807, 2.05) is 0 Å². The van der Waals surface area contributed by atoms with E-state index in [1.54, 1.807) is 0 Å². The third-order valence-corrected chi connectivity index (χ3v) is 5.34. The maximum absolute atomic E-state index is 3.75. The number of rotatable bonds is 3. The molecule has 3 fully saturated rings. The summed E-state index contributed by atoms with van der Waals surface area (Å²) in [5, 5.41) is 3.75. The highest BCUT2D eigenvalue weighted by Crippen LogP contribution is 2.33. The zero-order chi connectivity index (χ0) is 11.7. The van der Waals surface area contributed by atoms with Crippen LogP contribution in [0.5, 0.6) is 0 Å². The van der Waals surface area contributed by atoms with Crippen molar-refractivity contribution in [2.45, 2.75) is 76.4 Å². The zero-order valence-electron chi connectivity index (χ0n) is 11.3. The number of piperidine rings is 2. The molecule has 3 aliphatic rings. The quantitative estimate of drug-likeness (QED) is 0.810. The minimum Gasteiger partial charge on any atom is -0.311 e. The third kappa shape index (κ3) is 2.85. The maximum Gasteiger partial charge on any atom is 0.00728 e. The Morgan fingerprint density at radius 1 is 1.06 bits per heavy atom. The van der Waals surface area contributed by atoms with Crippen molar-refractivity contribution in [3.63, 3.8) is 0 Å². The molecule has 2 heteroatoms. The summed E-state index contributed by atoms with van der Waals surface area (Å²) in [6.07, 6.45) is 11.6. The SMILES string of the molecule is CC1CCCCN1CCC1CC2CCC(C1)N2. The first-order chi connectivity index (χ1) is 8.31. The predicted octanol–water partition coefficient (Wildman–Crippen LogP) is 2.78. The first-order valence-corrected chi connectivity index (χ1v) is 7.81. The summed E-state index contributed by atoms with van der Waals surface area (Å²) < 4.78 is 0. The lowest BCUT2D eigenvalue weighted by atomic mass is 9.89. The second kappa shape index (κ2) is 5.27. The molecule has 0 spiro atoms. The fourth-order valence-corrected chi connectivity index (χ4v) is 4.25. The number of likely N-dealkylation sites (tertiary alicyclic amines) is 1. The smallest absolute Gasteiger partial charge is 0.00728 e. The van der Waals surface area contributed by atoms with Gasteiger partial charge in [0.25, 0.3) is 0 Å². The zero-order valence-corrected chi connectivity index (χ0v) is 11.3. The molecule has 0 aromatic heterocycles. The topological polar surface area (TPSA) is 15.3 Å². The van der Waals surface area contributed by atoms with Crippen LogP contribution in [-0.4, -0.2) is 36.1 Å². The van der Waals surface area contributed by atoms with Gasteiger partial charge in [-0.15, -0.1) is 0 Å². The van der Waals surface area contributed by atoms with E-state index in [1.165, 1.54) is 64.5 Å². The van der Waals surface area contributed by atoms with Gasteiger partial charge in [-0.25, -0.2) is 0 Å². The van der Waals surface area contributed by atoms with Gasteiger partial charge in [0.15, 0.2) is 0 Å². The molecular formula is C15H28N2. The van der Waals surface area contributed by atoms with Crippen LogP contribution in [0.15, 0.2) is 0 Å². The summed E-state index contributed by atoms with van der Waals surface area (Å²) in [6.45, 7) is 5.15. The third-order valence-electron chi connectivity index (χ3n) is 5.34. The summed E-state index contributed by atoms with van der Waals surface area (Å²) >= 11 is 0. The molecule has 0 aliphatic carbocycles. The molecule has 1 N–H and O–H groups in total. The summed E-state index contributed by atoms with van der Waals surface area (Å²) in [4.78, 5) is 2.74. The highest BCUT2D eigenvalue weighted by Gasteiger charge is 2.33. The predicted molar refractivity (Wildman–Crippen MR) is 72.2 cm³/mol. The minimum absolute atomic E-state index is 0.849. The van der Waals surface area contributed by atoms with Crippen molar-refractivity contribution in [3.8, 4) is 0 Å². The van der Waals surface area contributed by atoms with Crippen LogP contribution in [-0.2, 0) is 0 Å². The number of hydrogen-bond donors (Lipinski definition) is 1. The van der Waals surface area contributed by atoms with E-state index >= 15 is 0 Å². The average molecular weight is 236 g/mol. The highest BCUT2D eigenvalue weighted by atomic mass is 15.2.